The number of piperazine rings is 1. The van der Waals surface area contributed by atoms with E-state index in [1.54, 1.807) is 4.68 Å². The number of nitrogens with two attached hydrogens (primary N) is 1. The molecule has 1 saturated heterocycles. The number of rotatable bonds is 3. The number of nitrogen functional groups attached to an aromatic ring is 1. The minimum atomic E-state index is 0.725. The second kappa shape index (κ2) is 5.77. The monoisotopic (exact) mass is 285 g/mol. The molecule has 21 heavy (non-hydrogen) atoms. The van der Waals surface area contributed by atoms with Crippen LogP contribution in [-0.2, 0) is 13.6 Å². The smallest absolute Gasteiger partial charge is 0.121 e. The first-order valence-corrected chi connectivity index (χ1v) is 7.44. The second-order valence-corrected chi connectivity index (χ2v) is 5.79. The summed E-state index contributed by atoms with van der Waals surface area (Å²) in [6.45, 7) is 7.27. The summed E-state index contributed by atoms with van der Waals surface area (Å²) in [5.41, 5.74) is 9.54. The van der Waals surface area contributed by atoms with Crippen LogP contribution in [0.25, 0.3) is 0 Å². The zero-order valence-electron chi connectivity index (χ0n) is 12.8. The van der Waals surface area contributed by atoms with Crippen LogP contribution in [0.1, 0.15) is 11.3 Å². The SMILES string of the molecule is Cc1cccc(N2CCN(Cc3cc(N)n(C)n3)CC2)c1. The molecule has 0 aliphatic carbocycles. The quantitative estimate of drug-likeness (QED) is 0.931. The molecule has 112 valence electrons. The van der Waals surface area contributed by atoms with Gasteiger partial charge in [0.2, 0.25) is 0 Å². The molecule has 5 nitrogen and oxygen atoms in total. The number of hydrogen-bond acceptors (Lipinski definition) is 4. The average molecular weight is 285 g/mol. The van der Waals surface area contributed by atoms with E-state index in [0.717, 1.165) is 44.2 Å². The summed E-state index contributed by atoms with van der Waals surface area (Å²) in [6.07, 6.45) is 0. The summed E-state index contributed by atoms with van der Waals surface area (Å²) in [4.78, 5) is 4.89. The van der Waals surface area contributed by atoms with Gasteiger partial charge in [-0.3, -0.25) is 9.58 Å². The normalized spacial score (nSPS) is 16.4. The Bertz CT molecular complexity index is 591. The molecule has 0 saturated carbocycles. The van der Waals surface area contributed by atoms with Gasteiger partial charge < -0.3 is 10.6 Å². The van der Waals surface area contributed by atoms with Crippen molar-refractivity contribution in [1.82, 2.24) is 14.7 Å². The zero-order chi connectivity index (χ0) is 14.8. The summed E-state index contributed by atoms with van der Waals surface area (Å²) in [5.74, 6) is 0.725. The fourth-order valence-corrected chi connectivity index (χ4v) is 2.84. The Morgan fingerprint density at radius 1 is 1.14 bits per heavy atom. The molecule has 1 aliphatic rings. The van der Waals surface area contributed by atoms with E-state index < -0.39 is 0 Å². The number of aryl methyl sites for hydroxylation is 2. The zero-order valence-corrected chi connectivity index (χ0v) is 12.8. The van der Waals surface area contributed by atoms with Crippen LogP contribution in [-0.4, -0.2) is 40.9 Å². The Labute approximate surface area is 126 Å². The summed E-state index contributed by atoms with van der Waals surface area (Å²) < 4.78 is 1.73. The predicted octanol–water partition coefficient (Wildman–Crippen LogP) is 1.63. The molecule has 1 aromatic heterocycles. The Hall–Kier alpha value is -2.01. The lowest BCUT2D eigenvalue weighted by molar-refractivity contribution is 0.246. The molecular weight excluding hydrogens is 262 g/mol. The molecule has 1 aliphatic heterocycles. The predicted molar refractivity (Wildman–Crippen MR) is 86.3 cm³/mol. The number of hydrogen-bond donors (Lipinski definition) is 1. The van der Waals surface area contributed by atoms with Crippen LogP contribution < -0.4 is 10.6 Å². The lowest BCUT2D eigenvalue weighted by atomic mass is 10.2. The van der Waals surface area contributed by atoms with Gasteiger partial charge in [0, 0.05) is 51.5 Å². The number of anilines is 2. The van der Waals surface area contributed by atoms with E-state index in [-0.39, 0.29) is 0 Å². The van der Waals surface area contributed by atoms with Crippen LogP contribution in [0, 0.1) is 6.92 Å². The van der Waals surface area contributed by atoms with Crippen LogP contribution >= 0.6 is 0 Å². The third kappa shape index (κ3) is 3.19. The minimum absolute atomic E-state index is 0.725. The van der Waals surface area contributed by atoms with Gasteiger partial charge in [0.25, 0.3) is 0 Å². The third-order valence-electron chi connectivity index (χ3n) is 4.09. The van der Waals surface area contributed by atoms with Crippen molar-refractivity contribution >= 4 is 11.5 Å². The third-order valence-corrected chi connectivity index (χ3v) is 4.09. The molecule has 1 aromatic carbocycles. The lowest BCUT2D eigenvalue weighted by Crippen LogP contribution is -2.46. The lowest BCUT2D eigenvalue weighted by Gasteiger charge is -2.35. The molecule has 0 spiro atoms. The fraction of sp³-hybridized carbons (Fsp3) is 0.438. The highest BCUT2D eigenvalue weighted by atomic mass is 15.3. The van der Waals surface area contributed by atoms with Gasteiger partial charge in [0.05, 0.1) is 5.69 Å². The Kier molecular flexibility index (Phi) is 3.84. The number of aromatic nitrogens is 2. The van der Waals surface area contributed by atoms with E-state index >= 15 is 0 Å². The number of nitrogens with zero attached hydrogens (tertiary/aromatic N) is 4. The maximum absolute atomic E-state index is 5.83. The highest BCUT2D eigenvalue weighted by Crippen LogP contribution is 2.18. The first kappa shape index (κ1) is 13.9. The molecule has 1 fully saturated rings. The summed E-state index contributed by atoms with van der Waals surface area (Å²) in [7, 11) is 1.88. The summed E-state index contributed by atoms with van der Waals surface area (Å²) in [5, 5.41) is 4.43. The van der Waals surface area contributed by atoms with Crippen LogP contribution in [0.15, 0.2) is 30.3 Å². The molecular formula is C16H23N5. The highest BCUT2D eigenvalue weighted by molar-refractivity contribution is 5.48. The van der Waals surface area contributed by atoms with Crippen molar-refractivity contribution in [2.75, 3.05) is 36.8 Å². The standard InChI is InChI=1S/C16H23N5/c1-13-4-3-5-15(10-13)21-8-6-20(7-9-21)12-14-11-16(17)19(2)18-14/h3-5,10-11H,6-9,12,17H2,1-2H3. The van der Waals surface area contributed by atoms with E-state index in [4.69, 9.17) is 5.73 Å². The summed E-state index contributed by atoms with van der Waals surface area (Å²) in [6, 6.07) is 10.7. The van der Waals surface area contributed by atoms with Gasteiger partial charge in [-0.1, -0.05) is 12.1 Å². The van der Waals surface area contributed by atoms with Crippen molar-refractivity contribution in [1.29, 1.82) is 0 Å². The van der Waals surface area contributed by atoms with Gasteiger partial charge in [-0.15, -0.1) is 0 Å². The van der Waals surface area contributed by atoms with E-state index in [9.17, 15) is 0 Å². The van der Waals surface area contributed by atoms with E-state index in [2.05, 4.69) is 46.1 Å². The van der Waals surface area contributed by atoms with Crippen LogP contribution in [0.4, 0.5) is 11.5 Å². The minimum Gasteiger partial charge on any atom is -0.384 e. The summed E-state index contributed by atoms with van der Waals surface area (Å²) >= 11 is 0. The van der Waals surface area contributed by atoms with Crippen molar-refractivity contribution in [2.45, 2.75) is 13.5 Å². The van der Waals surface area contributed by atoms with Gasteiger partial charge >= 0.3 is 0 Å². The van der Waals surface area contributed by atoms with Gasteiger partial charge in [-0.25, -0.2) is 0 Å². The van der Waals surface area contributed by atoms with Crippen LogP contribution in [0.3, 0.4) is 0 Å². The van der Waals surface area contributed by atoms with E-state index in [1.165, 1.54) is 11.3 Å². The van der Waals surface area contributed by atoms with Crippen LogP contribution in [0.5, 0.6) is 0 Å². The maximum Gasteiger partial charge on any atom is 0.121 e. The van der Waals surface area contributed by atoms with E-state index in [0.29, 0.717) is 0 Å². The van der Waals surface area contributed by atoms with Crippen molar-refractivity contribution in [2.24, 2.45) is 7.05 Å². The first-order chi connectivity index (χ1) is 10.1. The molecule has 2 heterocycles. The molecule has 0 atom stereocenters. The molecule has 2 aromatic rings. The van der Waals surface area contributed by atoms with Crippen molar-refractivity contribution in [3.63, 3.8) is 0 Å². The van der Waals surface area contributed by atoms with Crippen molar-refractivity contribution in [3.05, 3.63) is 41.6 Å². The molecule has 0 unspecified atom stereocenters. The van der Waals surface area contributed by atoms with Gasteiger partial charge in [-0.05, 0) is 24.6 Å². The highest BCUT2D eigenvalue weighted by Gasteiger charge is 2.18. The Morgan fingerprint density at radius 3 is 2.52 bits per heavy atom. The second-order valence-electron chi connectivity index (χ2n) is 5.79. The van der Waals surface area contributed by atoms with Gasteiger partial charge in [0.15, 0.2) is 0 Å². The van der Waals surface area contributed by atoms with Gasteiger partial charge in [-0.2, -0.15) is 5.10 Å². The Balaban J connectivity index is 1.57. The fourth-order valence-electron chi connectivity index (χ4n) is 2.84. The molecule has 2 N–H and O–H groups in total. The van der Waals surface area contributed by atoms with Crippen molar-refractivity contribution in [3.8, 4) is 0 Å². The maximum atomic E-state index is 5.83. The first-order valence-electron chi connectivity index (χ1n) is 7.44. The van der Waals surface area contributed by atoms with Crippen molar-refractivity contribution < 1.29 is 0 Å². The molecule has 0 radical (unpaired) electrons. The molecule has 0 bridgehead atoms. The van der Waals surface area contributed by atoms with Crippen LogP contribution in [0.2, 0.25) is 0 Å². The number of benzene rings is 1. The Morgan fingerprint density at radius 2 is 1.90 bits per heavy atom. The van der Waals surface area contributed by atoms with E-state index in [1.807, 2.05) is 13.1 Å². The molecule has 0 amide bonds. The average Bonchev–Trinajstić information content (AvgIpc) is 2.78. The molecule has 5 heteroatoms. The molecule has 3 rings (SSSR count). The van der Waals surface area contributed by atoms with Gasteiger partial charge in [0.1, 0.15) is 5.82 Å². The largest absolute Gasteiger partial charge is 0.384 e. The topological polar surface area (TPSA) is 50.3 Å².